The molecular formula is C11H17BrN2O3. The molecule has 1 heterocycles. The zero-order valence-electron chi connectivity index (χ0n) is 9.83. The van der Waals surface area contributed by atoms with E-state index in [1.807, 2.05) is 0 Å². The highest BCUT2D eigenvalue weighted by atomic mass is 79.9. The molecule has 1 saturated heterocycles. The highest BCUT2D eigenvalue weighted by molar-refractivity contribution is 9.11. The number of halogens is 1. The van der Waals surface area contributed by atoms with Crippen LogP contribution in [0.2, 0.25) is 0 Å². The lowest BCUT2D eigenvalue weighted by atomic mass is 9.89. The highest BCUT2D eigenvalue weighted by Gasteiger charge is 2.43. The van der Waals surface area contributed by atoms with Crippen molar-refractivity contribution < 1.29 is 14.7 Å². The maximum atomic E-state index is 11.9. The first-order chi connectivity index (χ1) is 7.88. The number of urea groups is 1. The fourth-order valence-corrected chi connectivity index (χ4v) is 2.08. The molecule has 1 unspecified atom stereocenters. The van der Waals surface area contributed by atoms with Crippen LogP contribution in [0.4, 0.5) is 4.79 Å². The van der Waals surface area contributed by atoms with Gasteiger partial charge in [-0.1, -0.05) is 22.5 Å². The molecule has 2 amide bonds. The van der Waals surface area contributed by atoms with Gasteiger partial charge in [0.1, 0.15) is 5.54 Å². The Hall–Kier alpha value is -1.04. The van der Waals surface area contributed by atoms with Crippen molar-refractivity contribution in [2.45, 2.75) is 31.7 Å². The number of carbonyl (C=O) groups is 2. The van der Waals surface area contributed by atoms with Gasteiger partial charge in [-0.25, -0.2) is 9.59 Å². The number of nitrogens with one attached hydrogen (secondary N) is 1. The summed E-state index contributed by atoms with van der Waals surface area (Å²) >= 11 is 3.14. The number of amides is 2. The molecule has 1 fully saturated rings. The van der Waals surface area contributed by atoms with E-state index < -0.39 is 11.5 Å². The van der Waals surface area contributed by atoms with Crippen LogP contribution >= 0.6 is 15.9 Å². The molecule has 2 N–H and O–H groups in total. The zero-order chi connectivity index (χ0) is 13.1. The van der Waals surface area contributed by atoms with Crippen LogP contribution in [0.3, 0.4) is 0 Å². The molecule has 1 atom stereocenters. The summed E-state index contributed by atoms with van der Waals surface area (Å²) in [6.45, 7) is 5.98. The largest absolute Gasteiger partial charge is 0.480 e. The SMILES string of the molecule is C=C(Br)CNC(=O)N1CCCCC1(C)C(=O)O. The first kappa shape index (κ1) is 14.0. The summed E-state index contributed by atoms with van der Waals surface area (Å²) in [6.07, 6.45) is 2.16. The average molecular weight is 305 g/mol. The lowest BCUT2D eigenvalue weighted by Gasteiger charge is -2.41. The smallest absolute Gasteiger partial charge is 0.329 e. The first-order valence-electron chi connectivity index (χ1n) is 5.50. The lowest BCUT2D eigenvalue weighted by molar-refractivity contribution is -0.150. The second-order valence-electron chi connectivity index (χ2n) is 4.36. The van der Waals surface area contributed by atoms with Crippen molar-refractivity contribution in [2.75, 3.05) is 13.1 Å². The molecule has 0 bridgehead atoms. The van der Waals surface area contributed by atoms with Crippen LogP contribution in [0, 0.1) is 0 Å². The van der Waals surface area contributed by atoms with Crippen molar-refractivity contribution in [2.24, 2.45) is 0 Å². The van der Waals surface area contributed by atoms with E-state index >= 15 is 0 Å². The maximum absolute atomic E-state index is 11.9. The molecule has 1 aliphatic rings. The molecule has 1 rings (SSSR count). The molecule has 0 radical (unpaired) electrons. The van der Waals surface area contributed by atoms with E-state index in [2.05, 4.69) is 27.8 Å². The summed E-state index contributed by atoms with van der Waals surface area (Å²) in [5.41, 5.74) is -1.10. The lowest BCUT2D eigenvalue weighted by Crippen LogP contribution is -2.60. The number of hydrogen-bond donors (Lipinski definition) is 2. The van der Waals surface area contributed by atoms with Crippen molar-refractivity contribution >= 4 is 27.9 Å². The summed E-state index contributed by atoms with van der Waals surface area (Å²) in [7, 11) is 0. The average Bonchev–Trinajstić information content (AvgIpc) is 2.26. The van der Waals surface area contributed by atoms with Crippen LogP contribution in [0.15, 0.2) is 11.1 Å². The molecule has 17 heavy (non-hydrogen) atoms. The van der Waals surface area contributed by atoms with E-state index in [-0.39, 0.29) is 6.03 Å². The third-order valence-electron chi connectivity index (χ3n) is 3.03. The second-order valence-corrected chi connectivity index (χ2v) is 5.49. The van der Waals surface area contributed by atoms with Crippen LogP contribution in [-0.2, 0) is 4.79 Å². The minimum Gasteiger partial charge on any atom is -0.480 e. The van der Waals surface area contributed by atoms with Gasteiger partial charge in [-0.15, -0.1) is 0 Å². The number of nitrogens with zero attached hydrogens (tertiary/aromatic N) is 1. The van der Waals surface area contributed by atoms with Gasteiger partial charge in [-0.05, 0) is 26.2 Å². The fourth-order valence-electron chi connectivity index (χ4n) is 1.94. The predicted molar refractivity (Wildman–Crippen MR) is 68.1 cm³/mol. The molecule has 0 spiro atoms. The fraction of sp³-hybridized carbons (Fsp3) is 0.636. The third-order valence-corrected chi connectivity index (χ3v) is 3.31. The summed E-state index contributed by atoms with van der Waals surface area (Å²) in [4.78, 5) is 24.6. The van der Waals surface area contributed by atoms with Gasteiger partial charge < -0.3 is 15.3 Å². The van der Waals surface area contributed by atoms with Crippen molar-refractivity contribution in [1.29, 1.82) is 0 Å². The Labute approximate surface area is 109 Å². The molecule has 0 aromatic heterocycles. The van der Waals surface area contributed by atoms with Gasteiger partial charge in [0.2, 0.25) is 0 Å². The molecule has 0 saturated carbocycles. The number of carbonyl (C=O) groups excluding carboxylic acids is 1. The Kier molecular flexibility index (Phi) is 4.56. The summed E-state index contributed by atoms with van der Waals surface area (Å²) in [6, 6.07) is -0.352. The number of hydrogen-bond acceptors (Lipinski definition) is 2. The zero-order valence-corrected chi connectivity index (χ0v) is 11.4. The van der Waals surface area contributed by atoms with Crippen molar-refractivity contribution in [3.63, 3.8) is 0 Å². The topological polar surface area (TPSA) is 69.6 Å². The van der Waals surface area contributed by atoms with E-state index in [0.717, 1.165) is 12.8 Å². The van der Waals surface area contributed by atoms with Gasteiger partial charge >= 0.3 is 12.0 Å². The minimum absolute atomic E-state index is 0.297. The number of aliphatic carboxylic acids is 1. The van der Waals surface area contributed by atoms with Gasteiger partial charge in [-0.3, -0.25) is 0 Å². The van der Waals surface area contributed by atoms with Crippen LogP contribution in [0.1, 0.15) is 26.2 Å². The van der Waals surface area contributed by atoms with E-state index in [0.29, 0.717) is 24.0 Å². The third kappa shape index (κ3) is 3.21. The van der Waals surface area contributed by atoms with Crippen molar-refractivity contribution in [3.8, 4) is 0 Å². The molecule has 0 aromatic carbocycles. The predicted octanol–water partition coefficient (Wildman–Crippen LogP) is 1.93. The van der Waals surface area contributed by atoms with E-state index in [1.165, 1.54) is 4.90 Å². The van der Waals surface area contributed by atoms with Crippen molar-refractivity contribution in [1.82, 2.24) is 10.2 Å². The number of piperidine rings is 1. The Balaban J connectivity index is 2.74. The Morgan fingerprint density at radius 2 is 2.18 bits per heavy atom. The number of carboxylic acid groups (broad SMARTS) is 1. The molecule has 5 nitrogen and oxygen atoms in total. The minimum atomic E-state index is -1.10. The Morgan fingerprint density at radius 3 is 2.71 bits per heavy atom. The molecule has 96 valence electrons. The number of carboxylic acids is 1. The Bertz CT molecular complexity index is 346. The summed E-state index contributed by atoms with van der Waals surface area (Å²) in [5.74, 6) is -0.954. The number of likely N-dealkylation sites (tertiary alicyclic amines) is 1. The standard InChI is InChI=1S/C11H17BrN2O3/c1-8(12)7-13-10(17)14-6-4-3-5-11(14,2)9(15)16/h1,3-7H2,2H3,(H,13,17)(H,15,16). The second kappa shape index (κ2) is 5.53. The normalized spacial score (nSPS) is 24.2. The van der Waals surface area contributed by atoms with Crippen molar-refractivity contribution in [3.05, 3.63) is 11.1 Å². The molecule has 6 heteroatoms. The van der Waals surface area contributed by atoms with Crippen LogP contribution in [-0.4, -0.2) is 40.6 Å². The van der Waals surface area contributed by atoms with Gasteiger partial charge in [-0.2, -0.15) is 0 Å². The van der Waals surface area contributed by atoms with Gasteiger partial charge in [0.25, 0.3) is 0 Å². The van der Waals surface area contributed by atoms with Crippen LogP contribution in [0.5, 0.6) is 0 Å². The quantitative estimate of drug-likeness (QED) is 0.837. The van der Waals surface area contributed by atoms with Gasteiger partial charge in [0.15, 0.2) is 0 Å². The first-order valence-corrected chi connectivity index (χ1v) is 6.29. The number of rotatable bonds is 3. The van der Waals surface area contributed by atoms with Gasteiger partial charge in [0.05, 0.1) is 6.54 Å². The molecule has 0 aliphatic carbocycles. The van der Waals surface area contributed by atoms with Crippen LogP contribution < -0.4 is 5.32 Å². The summed E-state index contributed by atoms with van der Waals surface area (Å²) in [5, 5.41) is 11.9. The van der Waals surface area contributed by atoms with E-state index in [1.54, 1.807) is 6.92 Å². The molecule has 1 aliphatic heterocycles. The monoisotopic (exact) mass is 304 g/mol. The maximum Gasteiger partial charge on any atom is 0.329 e. The highest BCUT2D eigenvalue weighted by Crippen LogP contribution is 2.28. The van der Waals surface area contributed by atoms with Crippen LogP contribution in [0.25, 0.3) is 0 Å². The molecular weight excluding hydrogens is 288 g/mol. The summed E-state index contributed by atoms with van der Waals surface area (Å²) < 4.78 is 0.653. The van der Waals surface area contributed by atoms with E-state index in [4.69, 9.17) is 0 Å². The van der Waals surface area contributed by atoms with E-state index in [9.17, 15) is 14.7 Å². The Morgan fingerprint density at radius 1 is 1.53 bits per heavy atom. The van der Waals surface area contributed by atoms with Gasteiger partial charge in [0, 0.05) is 11.0 Å². The molecule has 0 aromatic rings.